The third kappa shape index (κ3) is 3.53. The lowest BCUT2D eigenvalue weighted by Crippen LogP contribution is -2.12. The molecule has 0 spiro atoms. The predicted molar refractivity (Wildman–Crippen MR) is 61.3 cm³/mol. The summed E-state index contributed by atoms with van der Waals surface area (Å²) in [6, 6.07) is 8.06. The van der Waals surface area contributed by atoms with Crippen molar-refractivity contribution in [2.45, 2.75) is 12.3 Å². The summed E-state index contributed by atoms with van der Waals surface area (Å²) in [6.45, 7) is 1.37. The van der Waals surface area contributed by atoms with Gasteiger partial charge in [-0.3, -0.25) is 0 Å². The number of rotatable bonds is 6. The largest absolute Gasteiger partial charge is 0.497 e. The van der Waals surface area contributed by atoms with E-state index in [0.29, 0.717) is 19.1 Å². The van der Waals surface area contributed by atoms with E-state index >= 15 is 0 Å². The molecule has 15 heavy (non-hydrogen) atoms. The lowest BCUT2D eigenvalue weighted by atomic mass is 9.96. The minimum atomic E-state index is 0.357. The Morgan fingerprint density at radius 1 is 1.33 bits per heavy atom. The van der Waals surface area contributed by atoms with Gasteiger partial charge in [0.15, 0.2) is 0 Å². The molecule has 3 nitrogen and oxygen atoms in total. The summed E-state index contributed by atoms with van der Waals surface area (Å²) in [5, 5.41) is 0. The fraction of sp³-hybridized carbons (Fsp3) is 0.500. The van der Waals surface area contributed by atoms with Crippen molar-refractivity contribution < 1.29 is 9.47 Å². The van der Waals surface area contributed by atoms with Crippen molar-refractivity contribution in [1.82, 2.24) is 0 Å². The lowest BCUT2D eigenvalue weighted by molar-refractivity contribution is 0.176. The number of benzene rings is 1. The van der Waals surface area contributed by atoms with Crippen LogP contribution >= 0.6 is 0 Å². The lowest BCUT2D eigenvalue weighted by Gasteiger charge is -2.16. The first-order chi connectivity index (χ1) is 7.31. The van der Waals surface area contributed by atoms with Gasteiger partial charge < -0.3 is 15.2 Å². The molecule has 0 bridgehead atoms. The first-order valence-corrected chi connectivity index (χ1v) is 5.14. The molecule has 0 saturated heterocycles. The van der Waals surface area contributed by atoms with Crippen molar-refractivity contribution in [3.05, 3.63) is 29.8 Å². The monoisotopic (exact) mass is 209 g/mol. The molecule has 84 valence electrons. The van der Waals surface area contributed by atoms with E-state index in [-0.39, 0.29) is 0 Å². The highest BCUT2D eigenvalue weighted by atomic mass is 16.5. The highest BCUT2D eigenvalue weighted by molar-refractivity contribution is 5.30. The predicted octanol–water partition coefficient (Wildman–Crippen LogP) is 1.77. The van der Waals surface area contributed by atoms with Crippen LogP contribution in [0, 0.1) is 0 Å². The SMILES string of the molecule is COCC(CCN)c1cccc(OC)c1. The van der Waals surface area contributed by atoms with E-state index in [9.17, 15) is 0 Å². The second-order valence-electron chi connectivity index (χ2n) is 3.51. The first-order valence-electron chi connectivity index (χ1n) is 5.14. The quantitative estimate of drug-likeness (QED) is 0.776. The van der Waals surface area contributed by atoms with E-state index in [1.165, 1.54) is 5.56 Å². The Labute approximate surface area is 91.2 Å². The molecule has 1 unspecified atom stereocenters. The van der Waals surface area contributed by atoms with Crippen LogP contribution in [0.2, 0.25) is 0 Å². The Morgan fingerprint density at radius 2 is 2.13 bits per heavy atom. The summed E-state index contributed by atoms with van der Waals surface area (Å²) < 4.78 is 10.4. The summed E-state index contributed by atoms with van der Waals surface area (Å²) in [4.78, 5) is 0. The van der Waals surface area contributed by atoms with Gasteiger partial charge in [-0.25, -0.2) is 0 Å². The average molecular weight is 209 g/mol. The Bertz CT molecular complexity index is 283. The molecule has 0 aliphatic heterocycles. The Hall–Kier alpha value is -1.06. The molecule has 0 heterocycles. The maximum atomic E-state index is 5.58. The van der Waals surface area contributed by atoms with E-state index in [0.717, 1.165) is 12.2 Å². The average Bonchev–Trinajstić information content (AvgIpc) is 2.29. The summed E-state index contributed by atoms with van der Waals surface area (Å²) in [7, 11) is 3.39. The first kappa shape index (κ1) is 12.0. The zero-order valence-corrected chi connectivity index (χ0v) is 9.40. The molecule has 3 heteroatoms. The van der Waals surface area contributed by atoms with Crippen molar-refractivity contribution >= 4 is 0 Å². The van der Waals surface area contributed by atoms with Crippen LogP contribution in [0.4, 0.5) is 0 Å². The highest BCUT2D eigenvalue weighted by Crippen LogP contribution is 2.23. The summed E-state index contributed by atoms with van der Waals surface area (Å²) in [5.41, 5.74) is 6.80. The van der Waals surface area contributed by atoms with Crippen LogP contribution in [0.5, 0.6) is 5.75 Å². The van der Waals surface area contributed by atoms with Crippen LogP contribution in [0.25, 0.3) is 0 Å². The molecular weight excluding hydrogens is 190 g/mol. The zero-order valence-electron chi connectivity index (χ0n) is 9.40. The van der Waals surface area contributed by atoms with Gasteiger partial charge in [-0.15, -0.1) is 0 Å². The topological polar surface area (TPSA) is 44.5 Å². The fourth-order valence-corrected chi connectivity index (χ4v) is 1.64. The van der Waals surface area contributed by atoms with E-state index in [1.54, 1.807) is 14.2 Å². The summed E-state index contributed by atoms with van der Waals surface area (Å²) in [5.74, 6) is 1.24. The van der Waals surface area contributed by atoms with Gasteiger partial charge in [0.05, 0.1) is 13.7 Å². The minimum absolute atomic E-state index is 0.357. The Balaban J connectivity index is 2.79. The molecular formula is C12H19NO2. The van der Waals surface area contributed by atoms with Crippen molar-refractivity contribution in [2.24, 2.45) is 5.73 Å². The van der Waals surface area contributed by atoms with Gasteiger partial charge >= 0.3 is 0 Å². The fourth-order valence-electron chi connectivity index (χ4n) is 1.64. The molecule has 0 radical (unpaired) electrons. The van der Waals surface area contributed by atoms with E-state index < -0.39 is 0 Å². The maximum absolute atomic E-state index is 5.58. The van der Waals surface area contributed by atoms with Gasteiger partial charge in [0.2, 0.25) is 0 Å². The van der Waals surface area contributed by atoms with Gasteiger partial charge in [0.25, 0.3) is 0 Å². The molecule has 0 aliphatic rings. The minimum Gasteiger partial charge on any atom is -0.497 e. The van der Waals surface area contributed by atoms with Gasteiger partial charge in [0.1, 0.15) is 5.75 Å². The van der Waals surface area contributed by atoms with Crippen LogP contribution in [0.3, 0.4) is 0 Å². The molecule has 1 rings (SSSR count). The van der Waals surface area contributed by atoms with Crippen molar-refractivity contribution in [3.8, 4) is 5.75 Å². The van der Waals surface area contributed by atoms with Crippen LogP contribution in [-0.4, -0.2) is 27.4 Å². The van der Waals surface area contributed by atoms with Gasteiger partial charge in [-0.2, -0.15) is 0 Å². The van der Waals surface area contributed by atoms with E-state index in [4.69, 9.17) is 15.2 Å². The third-order valence-electron chi connectivity index (χ3n) is 2.45. The highest BCUT2D eigenvalue weighted by Gasteiger charge is 2.10. The molecule has 0 amide bonds. The number of methoxy groups -OCH3 is 2. The zero-order chi connectivity index (χ0) is 11.1. The molecule has 0 saturated carbocycles. The van der Waals surface area contributed by atoms with Crippen molar-refractivity contribution in [1.29, 1.82) is 0 Å². The van der Waals surface area contributed by atoms with Crippen LogP contribution in [0.15, 0.2) is 24.3 Å². The molecule has 1 aromatic rings. The van der Waals surface area contributed by atoms with Gasteiger partial charge in [-0.05, 0) is 30.7 Å². The molecule has 1 atom stereocenters. The Morgan fingerprint density at radius 3 is 2.73 bits per heavy atom. The molecule has 0 fully saturated rings. The number of nitrogens with two attached hydrogens (primary N) is 1. The third-order valence-corrected chi connectivity index (χ3v) is 2.45. The normalized spacial score (nSPS) is 12.5. The number of hydrogen-bond donors (Lipinski definition) is 1. The second kappa shape index (κ2) is 6.43. The van der Waals surface area contributed by atoms with E-state index in [2.05, 4.69) is 6.07 Å². The van der Waals surface area contributed by atoms with Crippen LogP contribution in [0.1, 0.15) is 17.9 Å². The number of ether oxygens (including phenoxy) is 2. The van der Waals surface area contributed by atoms with Gasteiger partial charge in [0, 0.05) is 13.0 Å². The second-order valence-corrected chi connectivity index (χ2v) is 3.51. The van der Waals surface area contributed by atoms with Gasteiger partial charge in [-0.1, -0.05) is 12.1 Å². The van der Waals surface area contributed by atoms with Crippen molar-refractivity contribution in [2.75, 3.05) is 27.4 Å². The standard InChI is InChI=1S/C12H19NO2/c1-14-9-11(6-7-13)10-4-3-5-12(8-10)15-2/h3-5,8,11H,6-7,9,13H2,1-2H3. The maximum Gasteiger partial charge on any atom is 0.119 e. The van der Waals surface area contributed by atoms with Crippen LogP contribution in [-0.2, 0) is 4.74 Å². The molecule has 0 aliphatic carbocycles. The molecule has 0 aromatic heterocycles. The smallest absolute Gasteiger partial charge is 0.119 e. The van der Waals surface area contributed by atoms with Crippen molar-refractivity contribution in [3.63, 3.8) is 0 Å². The molecule has 1 aromatic carbocycles. The number of hydrogen-bond acceptors (Lipinski definition) is 3. The van der Waals surface area contributed by atoms with E-state index in [1.807, 2.05) is 18.2 Å². The Kier molecular flexibility index (Phi) is 5.15. The van der Waals surface area contributed by atoms with Crippen LogP contribution < -0.4 is 10.5 Å². The summed E-state index contributed by atoms with van der Waals surface area (Å²) >= 11 is 0. The molecule has 2 N–H and O–H groups in total. The summed E-state index contributed by atoms with van der Waals surface area (Å²) in [6.07, 6.45) is 0.932.